The molecule has 10 nitrogen and oxygen atoms in total. The van der Waals surface area contributed by atoms with Gasteiger partial charge in [-0.05, 0) is 11.6 Å². The molecule has 3 heterocycles. The van der Waals surface area contributed by atoms with Gasteiger partial charge in [0.1, 0.15) is 23.8 Å². The molecule has 0 spiro atoms. The van der Waals surface area contributed by atoms with Gasteiger partial charge < -0.3 is 14.9 Å². The molecule has 132 valence electrons. The van der Waals surface area contributed by atoms with Crippen molar-refractivity contribution in [3.63, 3.8) is 0 Å². The van der Waals surface area contributed by atoms with Gasteiger partial charge in [0.2, 0.25) is 5.28 Å². The maximum atomic E-state index is 11.3. The topological polar surface area (TPSA) is 137 Å². The zero-order valence-corrected chi connectivity index (χ0v) is 14.4. The number of rotatable bonds is 4. The van der Waals surface area contributed by atoms with Crippen LogP contribution in [0.25, 0.3) is 11.2 Å². The predicted octanol–water partition coefficient (Wildman–Crippen LogP) is -0.272. The second kappa shape index (κ2) is 6.33. The minimum Gasteiger partial charge on any atom is -0.394 e. The number of fused-ring (bicyclic) bond motifs is 1. The molecule has 2 N–H and O–H groups in total. The number of hydrogen-bond acceptors (Lipinski definition) is 9. The maximum Gasteiger partial charge on any atom is 0.264 e. The molecule has 0 amide bonds. The zero-order valence-electron chi connectivity index (χ0n) is 12.1. The maximum absolute atomic E-state index is 11.3. The van der Waals surface area contributed by atoms with E-state index in [0.29, 0.717) is 0 Å². The standard InChI is InChI=1S/C11H12Cl2N4O6S/c1-24(20,21)23-7-4(2-18)22-10(6(7)19)17-3-14-5-8(12)15-11(13)16-9(5)17/h3-4,6-7,10,18-19H,2H2,1H3/t4-,6-,7+,10-/m1/s1. The van der Waals surface area contributed by atoms with Crippen LogP contribution in [0.15, 0.2) is 6.33 Å². The Balaban J connectivity index is 2.01. The summed E-state index contributed by atoms with van der Waals surface area (Å²) in [7, 11) is -3.88. The van der Waals surface area contributed by atoms with Crippen molar-refractivity contribution in [3.05, 3.63) is 16.8 Å². The third kappa shape index (κ3) is 3.20. The van der Waals surface area contributed by atoms with Crippen molar-refractivity contribution in [1.29, 1.82) is 0 Å². The van der Waals surface area contributed by atoms with Gasteiger partial charge in [0.05, 0.1) is 19.2 Å². The highest BCUT2D eigenvalue weighted by Crippen LogP contribution is 2.34. The third-order valence-corrected chi connectivity index (χ3v) is 4.41. The van der Waals surface area contributed by atoms with Gasteiger partial charge in [-0.15, -0.1) is 0 Å². The smallest absolute Gasteiger partial charge is 0.264 e. The van der Waals surface area contributed by atoms with Crippen molar-refractivity contribution in [1.82, 2.24) is 19.5 Å². The van der Waals surface area contributed by atoms with Crippen LogP contribution in [0.1, 0.15) is 6.23 Å². The van der Waals surface area contributed by atoms with Gasteiger partial charge in [-0.25, -0.2) is 9.97 Å². The molecular formula is C11H12Cl2N4O6S. The largest absolute Gasteiger partial charge is 0.394 e. The lowest BCUT2D eigenvalue weighted by molar-refractivity contribution is -0.0502. The van der Waals surface area contributed by atoms with Gasteiger partial charge in [-0.2, -0.15) is 13.4 Å². The number of hydrogen-bond donors (Lipinski definition) is 2. The fraction of sp³-hybridized carbons (Fsp3) is 0.545. The quantitative estimate of drug-likeness (QED) is 0.404. The van der Waals surface area contributed by atoms with Crippen LogP contribution >= 0.6 is 23.2 Å². The molecule has 0 saturated carbocycles. The lowest BCUT2D eigenvalue weighted by Gasteiger charge is -2.18. The van der Waals surface area contributed by atoms with Crippen LogP contribution in [0.5, 0.6) is 0 Å². The molecule has 0 aromatic carbocycles. The summed E-state index contributed by atoms with van der Waals surface area (Å²) in [6, 6.07) is 0. The van der Waals surface area contributed by atoms with Gasteiger partial charge in [-0.3, -0.25) is 8.75 Å². The summed E-state index contributed by atoms with van der Waals surface area (Å²) in [6.45, 7) is -0.559. The Morgan fingerprint density at radius 3 is 2.75 bits per heavy atom. The summed E-state index contributed by atoms with van der Waals surface area (Å²) in [4.78, 5) is 11.8. The minimum absolute atomic E-state index is 0.0129. The highest BCUT2D eigenvalue weighted by atomic mass is 35.5. The van der Waals surface area contributed by atoms with Crippen molar-refractivity contribution < 1.29 is 27.6 Å². The Bertz CT molecular complexity index is 875. The third-order valence-electron chi connectivity index (χ3n) is 3.40. The molecule has 1 aliphatic heterocycles. The first-order valence-corrected chi connectivity index (χ1v) is 9.16. The number of ether oxygens (including phenoxy) is 1. The second-order valence-corrected chi connectivity index (χ2v) is 7.41. The normalized spacial score (nSPS) is 27.9. The van der Waals surface area contributed by atoms with Crippen LogP contribution in [0, 0.1) is 0 Å². The van der Waals surface area contributed by atoms with Crippen molar-refractivity contribution in [2.45, 2.75) is 24.5 Å². The van der Waals surface area contributed by atoms with Crippen molar-refractivity contribution >= 4 is 44.5 Å². The minimum atomic E-state index is -3.88. The molecule has 4 atom stereocenters. The molecule has 1 aliphatic rings. The molecule has 24 heavy (non-hydrogen) atoms. The van der Waals surface area contributed by atoms with Gasteiger partial charge in [0, 0.05) is 0 Å². The van der Waals surface area contributed by atoms with E-state index in [1.54, 1.807) is 0 Å². The van der Waals surface area contributed by atoms with E-state index in [9.17, 15) is 18.6 Å². The molecule has 0 bridgehead atoms. The average molecular weight is 399 g/mol. The van der Waals surface area contributed by atoms with Crippen LogP contribution in [-0.4, -0.2) is 69.3 Å². The number of aliphatic hydroxyl groups is 2. The number of nitrogens with zero attached hydrogens (tertiary/aromatic N) is 4. The fourth-order valence-corrected chi connectivity index (χ4v) is 3.52. The van der Waals surface area contributed by atoms with E-state index in [-0.39, 0.29) is 21.6 Å². The zero-order chi connectivity index (χ0) is 17.6. The summed E-state index contributed by atoms with van der Waals surface area (Å²) in [5, 5.41) is 19.6. The summed E-state index contributed by atoms with van der Waals surface area (Å²) >= 11 is 11.7. The summed E-state index contributed by atoms with van der Waals surface area (Å²) in [6.07, 6.45) is -2.76. The number of aliphatic hydroxyl groups excluding tert-OH is 2. The molecule has 13 heteroatoms. The van der Waals surface area contributed by atoms with Crippen molar-refractivity contribution in [2.75, 3.05) is 12.9 Å². The second-order valence-electron chi connectivity index (χ2n) is 5.11. The summed E-state index contributed by atoms with van der Waals surface area (Å²) < 4.78 is 34.3. The average Bonchev–Trinajstić information content (AvgIpc) is 3.00. The summed E-state index contributed by atoms with van der Waals surface area (Å²) in [5.74, 6) is 0. The first-order chi connectivity index (χ1) is 11.2. The molecular weight excluding hydrogens is 387 g/mol. The molecule has 2 aromatic heterocycles. The Labute approximate surface area is 146 Å². The van der Waals surface area contributed by atoms with Gasteiger partial charge in [-0.1, -0.05) is 11.6 Å². The highest BCUT2D eigenvalue weighted by Gasteiger charge is 2.47. The number of imidazole rings is 1. The molecule has 3 rings (SSSR count). The molecule has 1 saturated heterocycles. The van der Waals surface area contributed by atoms with Crippen LogP contribution in [0.4, 0.5) is 0 Å². The Morgan fingerprint density at radius 1 is 1.42 bits per heavy atom. The first-order valence-electron chi connectivity index (χ1n) is 6.59. The van der Waals surface area contributed by atoms with Gasteiger partial charge in [0.25, 0.3) is 10.1 Å². The molecule has 0 aliphatic carbocycles. The predicted molar refractivity (Wildman–Crippen MR) is 82.1 cm³/mol. The van der Waals surface area contributed by atoms with E-state index >= 15 is 0 Å². The Hall–Kier alpha value is -1.08. The molecule has 1 fully saturated rings. The van der Waals surface area contributed by atoms with Crippen LogP contribution in [0.3, 0.4) is 0 Å². The van der Waals surface area contributed by atoms with Crippen molar-refractivity contribution in [2.24, 2.45) is 0 Å². The van der Waals surface area contributed by atoms with E-state index in [0.717, 1.165) is 6.26 Å². The highest BCUT2D eigenvalue weighted by molar-refractivity contribution is 7.86. The van der Waals surface area contributed by atoms with E-state index in [1.807, 2.05) is 0 Å². The molecule has 2 aromatic rings. The first kappa shape index (κ1) is 17.7. The van der Waals surface area contributed by atoms with Crippen LogP contribution in [-0.2, 0) is 19.0 Å². The summed E-state index contributed by atoms with van der Waals surface area (Å²) in [5.41, 5.74) is 0.408. The van der Waals surface area contributed by atoms with E-state index in [2.05, 4.69) is 15.0 Å². The van der Waals surface area contributed by atoms with E-state index in [1.165, 1.54) is 10.9 Å². The van der Waals surface area contributed by atoms with Crippen LogP contribution in [0.2, 0.25) is 10.4 Å². The fourth-order valence-electron chi connectivity index (χ4n) is 2.46. The molecule has 0 unspecified atom stereocenters. The van der Waals surface area contributed by atoms with Crippen molar-refractivity contribution in [3.8, 4) is 0 Å². The van der Waals surface area contributed by atoms with Gasteiger partial charge >= 0.3 is 0 Å². The lowest BCUT2D eigenvalue weighted by Crippen LogP contribution is -2.37. The lowest BCUT2D eigenvalue weighted by atomic mass is 10.1. The number of halogens is 2. The molecule has 0 radical (unpaired) electrons. The SMILES string of the molecule is CS(=O)(=O)O[C@@H]1[C@@H](O)[C@H](n2cnc3c(Cl)nc(Cl)nc32)O[C@@H]1CO. The van der Waals surface area contributed by atoms with E-state index < -0.39 is 41.3 Å². The number of aromatic nitrogens is 4. The van der Waals surface area contributed by atoms with Crippen LogP contribution < -0.4 is 0 Å². The van der Waals surface area contributed by atoms with E-state index in [4.69, 9.17) is 32.1 Å². The Kier molecular flexibility index (Phi) is 4.68. The Morgan fingerprint density at radius 2 is 2.12 bits per heavy atom. The van der Waals surface area contributed by atoms with Gasteiger partial charge in [0.15, 0.2) is 17.0 Å². The monoisotopic (exact) mass is 398 g/mol.